The van der Waals surface area contributed by atoms with Crippen molar-refractivity contribution in [3.63, 3.8) is 0 Å². The molecule has 0 unspecified atom stereocenters. The molecule has 2 amide bonds. The third kappa shape index (κ3) is 4.97. The zero-order valence-corrected chi connectivity index (χ0v) is 15.2. The molecule has 0 aromatic heterocycles. The second-order valence-electron chi connectivity index (χ2n) is 7.29. The van der Waals surface area contributed by atoms with Crippen LogP contribution >= 0.6 is 0 Å². The normalized spacial score (nSPS) is 18.4. The van der Waals surface area contributed by atoms with E-state index in [1.54, 1.807) is 0 Å². The molecule has 1 aliphatic carbocycles. The molecule has 0 atom stereocenters. The summed E-state index contributed by atoms with van der Waals surface area (Å²) in [5.41, 5.74) is 1.96. The van der Waals surface area contributed by atoms with Gasteiger partial charge in [-0.2, -0.15) is 0 Å². The summed E-state index contributed by atoms with van der Waals surface area (Å²) in [4.78, 5) is 27.8. The Hall–Kier alpha value is -2.04. The van der Waals surface area contributed by atoms with E-state index < -0.39 is 0 Å². The van der Waals surface area contributed by atoms with Crippen LogP contribution < -0.4 is 10.2 Å². The molecule has 0 bridgehead atoms. The minimum absolute atomic E-state index is 0.0579. The third-order valence-corrected chi connectivity index (χ3v) is 5.43. The van der Waals surface area contributed by atoms with Crippen molar-refractivity contribution < 1.29 is 9.59 Å². The Bertz CT molecular complexity index is 585. The molecule has 25 heavy (non-hydrogen) atoms. The van der Waals surface area contributed by atoms with Gasteiger partial charge < -0.3 is 15.1 Å². The Kier molecular flexibility index (Phi) is 5.95. The number of nitrogens with zero attached hydrogens (tertiary/aromatic N) is 2. The van der Waals surface area contributed by atoms with Crippen LogP contribution in [0.25, 0.3) is 0 Å². The fourth-order valence-corrected chi connectivity index (χ4v) is 3.96. The van der Waals surface area contributed by atoms with E-state index in [0.717, 1.165) is 56.3 Å². The second-order valence-corrected chi connectivity index (χ2v) is 7.29. The topological polar surface area (TPSA) is 52.7 Å². The number of carbonyl (C=O) groups is 2. The summed E-state index contributed by atoms with van der Waals surface area (Å²) < 4.78 is 0. The molecule has 136 valence electrons. The number of benzene rings is 1. The maximum absolute atomic E-state index is 12.4. The lowest BCUT2D eigenvalue weighted by molar-refractivity contribution is -0.131. The Morgan fingerprint density at radius 2 is 1.68 bits per heavy atom. The van der Waals surface area contributed by atoms with E-state index in [9.17, 15) is 9.59 Å². The molecule has 3 rings (SSSR count). The summed E-state index contributed by atoms with van der Waals surface area (Å²) in [5, 5.41) is 2.78. The van der Waals surface area contributed by atoms with Gasteiger partial charge in [0, 0.05) is 50.9 Å². The Balaban J connectivity index is 1.44. The highest BCUT2D eigenvalue weighted by Gasteiger charge is 2.23. The molecule has 1 aromatic rings. The Morgan fingerprint density at radius 3 is 2.28 bits per heavy atom. The molecule has 0 radical (unpaired) electrons. The number of nitrogens with one attached hydrogen (secondary N) is 1. The van der Waals surface area contributed by atoms with Gasteiger partial charge in [-0.3, -0.25) is 9.59 Å². The second kappa shape index (κ2) is 8.37. The molecule has 1 aliphatic heterocycles. The highest BCUT2D eigenvalue weighted by atomic mass is 16.2. The maximum atomic E-state index is 12.4. The number of amides is 2. The first-order chi connectivity index (χ1) is 12.1. The minimum atomic E-state index is -0.0579. The van der Waals surface area contributed by atoms with Gasteiger partial charge in [0.05, 0.1) is 0 Å². The highest BCUT2D eigenvalue weighted by Crippen LogP contribution is 2.29. The van der Waals surface area contributed by atoms with Crippen molar-refractivity contribution in [1.29, 1.82) is 0 Å². The molecule has 1 saturated carbocycles. The van der Waals surface area contributed by atoms with Gasteiger partial charge in [0.1, 0.15) is 0 Å². The smallest absolute Gasteiger partial charge is 0.222 e. The molecular weight excluding hydrogens is 314 g/mol. The lowest BCUT2D eigenvalue weighted by Gasteiger charge is -2.36. The van der Waals surface area contributed by atoms with Crippen molar-refractivity contribution in [2.24, 2.45) is 5.92 Å². The first-order valence-corrected chi connectivity index (χ1v) is 9.52. The zero-order valence-electron chi connectivity index (χ0n) is 15.2. The first-order valence-electron chi connectivity index (χ1n) is 9.52. The summed E-state index contributed by atoms with van der Waals surface area (Å²) in [6.07, 6.45) is 7.11. The number of hydrogen-bond donors (Lipinski definition) is 1. The summed E-state index contributed by atoms with van der Waals surface area (Å²) in [5.74, 6) is 1.05. The summed E-state index contributed by atoms with van der Waals surface area (Å²) >= 11 is 0. The molecule has 0 spiro atoms. The molecule has 1 N–H and O–H groups in total. The van der Waals surface area contributed by atoms with Crippen LogP contribution in [0.2, 0.25) is 0 Å². The molecule has 1 aromatic carbocycles. The number of piperazine rings is 1. The monoisotopic (exact) mass is 343 g/mol. The van der Waals surface area contributed by atoms with Crippen LogP contribution in [0.5, 0.6) is 0 Å². The van der Waals surface area contributed by atoms with E-state index >= 15 is 0 Å². The predicted molar refractivity (Wildman–Crippen MR) is 101 cm³/mol. The van der Waals surface area contributed by atoms with E-state index in [2.05, 4.69) is 10.2 Å². The SMILES string of the molecule is CC(=O)Nc1ccc(N2CCN(C(=O)CCC3CCCC3)CC2)cc1. The van der Waals surface area contributed by atoms with Gasteiger partial charge in [0.15, 0.2) is 0 Å². The van der Waals surface area contributed by atoms with Crippen LogP contribution in [-0.2, 0) is 9.59 Å². The molecule has 5 nitrogen and oxygen atoms in total. The van der Waals surface area contributed by atoms with Crippen LogP contribution in [0.3, 0.4) is 0 Å². The van der Waals surface area contributed by atoms with Crippen molar-refractivity contribution >= 4 is 23.2 Å². The number of rotatable bonds is 5. The average molecular weight is 343 g/mol. The van der Waals surface area contributed by atoms with Gasteiger partial charge in [-0.1, -0.05) is 25.7 Å². The summed E-state index contributed by atoms with van der Waals surface area (Å²) in [6, 6.07) is 7.91. The molecule has 1 heterocycles. The van der Waals surface area contributed by atoms with Crippen LogP contribution in [0.1, 0.15) is 45.4 Å². The predicted octanol–water partition coefficient (Wildman–Crippen LogP) is 3.26. The molecular formula is C20H29N3O2. The van der Waals surface area contributed by atoms with Crippen LogP contribution in [-0.4, -0.2) is 42.9 Å². The van der Waals surface area contributed by atoms with E-state index in [4.69, 9.17) is 0 Å². The average Bonchev–Trinajstić information content (AvgIpc) is 3.13. The number of carbonyl (C=O) groups excluding carboxylic acids is 2. The first kappa shape index (κ1) is 17.8. The quantitative estimate of drug-likeness (QED) is 0.893. The zero-order chi connectivity index (χ0) is 17.6. The largest absolute Gasteiger partial charge is 0.368 e. The van der Waals surface area contributed by atoms with Gasteiger partial charge in [0.25, 0.3) is 0 Å². The van der Waals surface area contributed by atoms with E-state index in [-0.39, 0.29) is 5.91 Å². The highest BCUT2D eigenvalue weighted by molar-refractivity contribution is 5.88. The van der Waals surface area contributed by atoms with Gasteiger partial charge in [0.2, 0.25) is 11.8 Å². The van der Waals surface area contributed by atoms with Crippen molar-refractivity contribution in [2.45, 2.75) is 45.4 Å². The fourth-order valence-electron chi connectivity index (χ4n) is 3.96. The van der Waals surface area contributed by atoms with Crippen LogP contribution in [0.4, 0.5) is 11.4 Å². The van der Waals surface area contributed by atoms with Crippen molar-refractivity contribution in [1.82, 2.24) is 4.90 Å². The Morgan fingerprint density at radius 1 is 1.04 bits per heavy atom. The van der Waals surface area contributed by atoms with E-state index in [1.165, 1.54) is 32.6 Å². The fraction of sp³-hybridized carbons (Fsp3) is 0.600. The van der Waals surface area contributed by atoms with Gasteiger partial charge in [-0.05, 0) is 36.6 Å². The van der Waals surface area contributed by atoms with Crippen molar-refractivity contribution in [3.8, 4) is 0 Å². The van der Waals surface area contributed by atoms with Crippen molar-refractivity contribution in [3.05, 3.63) is 24.3 Å². The van der Waals surface area contributed by atoms with Gasteiger partial charge >= 0.3 is 0 Å². The summed E-state index contributed by atoms with van der Waals surface area (Å²) in [7, 11) is 0. The standard InChI is InChI=1S/C20H29N3O2/c1-16(24)21-18-7-9-19(10-8-18)22-12-14-23(15-13-22)20(25)11-6-17-4-2-3-5-17/h7-10,17H,2-6,11-15H2,1H3,(H,21,24). The van der Waals surface area contributed by atoms with Crippen LogP contribution in [0, 0.1) is 5.92 Å². The lowest BCUT2D eigenvalue weighted by atomic mass is 10.0. The maximum Gasteiger partial charge on any atom is 0.222 e. The number of anilines is 2. The minimum Gasteiger partial charge on any atom is -0.368 e. The lowest BCUT2D eigenvalue weighted by Crippen LogP contribution is -2.48. The van der Waals surface area contributed by atoms with E-state index in [0.29, 0.717) is 5.91 Å². The summed E-state index contributed by atoms with van der Waals surface area (Å²) in [6.45, 7) is 4.86. The van der Waals surface area contributed by atoms with Crippen molar-refractivity contribution in [2.75, 3.05) is 36.4 Å². The third-order valence-electron chi connectivity index (χ3n) is 5.43. The molecule has 2 fully saturated rings. The molecule has 1 saturated heterocycles. The van der Waals surface area contributed by atoms with Gasteiger partial charge in [-0.25, -0.2) is 0 Å². The Labute approximate surface area is 150 Å². The number of hydrogen-bond acceptors (Lipinski definition) is 3. The van der Waals surface area contributed by atoms with Gasteiger partial charge in [-0.15, -0.1) is 0 Å². The molecule has 2 aliphatic rings. The van der Waals surface area contributed by atoms with E-state index in [1.807, 2.05) is 29.2 Å². The molecule has 5 heteroatoms. The van der Waals surface area contributed by atoms with Crippen LogP contribution in [0.15, 0.2) is 24.3 Å².